The van der Waals surface area contributed by atoms with E-state index in [2.05, 4.69) is 0 Å². The number of halogens is 3. The Morgan fingerprint density at radius 3 is 2.21 bits per heavy atom. The first kappa shape index (κ1) is 17.5. The molecule has 0 saturated heterocycles. The minimum atomic E-state index is -5.20. The maximum Gasteiger partial charge on any atom is 0.430 e. The van der Waals surface area contributed by atoms with Gasteiger partial charge in [-0.05, 0) is 24.7 Å². The van der Waals surface area contributed by atoms with E-state index in [9.17, 15) is 27.9 Å². The normalized spacial score (nSPS) is 31.7. The van der Waals surface area contributed by atoms with Crippen LogP contribution in [0.15, 0.2) is 11.3 Å². The Balaban J connectivity index is 2.14. The molecule has 1 atom stereocenters. The van der Waals surface area contributed by atoms with Gasteiger partial charge in [0.25, 0.3) is 11.5 Å². The highest BCUT2D eigenvalue weighted by molar-refractivity contribution is 6.11. The van der Waals surface area contributed by atoms with Gasteiger partial charge in [-0.3, -0.25) is 9.59 Å². The lowest BCUT2D eigenvalue weighted by atomic mass is 9.73. The molecule has 4 nitrogen and oxygen atoms in total. The number of nitrogens with zero attached hydrogens (tertiary/aromatic N) is 1. The maximum absolute atomic E-state index is 13.6. The van der Waals surface area contributed by atoms with E-state index < -0.39 is 34.5 Å². The molecule has 1 amide bonds. The number of Topliss-reactive ketones (excluding diaryl/α,β-unsaturated/α-hetero) is 1. The van der Waals surface area contributed by atoms with Gasteiger partial charge in [0.05, 0.1) is 5.57 Å². The molecule has 1 heterocycles. The number of ketones is 1. The van der Waals surface area contributed by atoms with E-state index in [1.807, 2.05) is 0 Å². The summed E-state index contributed by atoms with van der Waals surface area (Å²) < 4.78 is 40.8. The molecule has 1 fully saturated rings. The maximum atomic E-state index is 13.6. The summed E-state index contributed by atoms with van der Waals surface area (Å²) in [5.41, 5.74) is -4.86. The molecule has 7 heteroatoms. The van der Waals surface area contributed by atoms with Crippen molar-refractivity contribution < 1.29 is 27.9 Å². The van der Waals surface area contributed by atoms with Crippen LogP contribution >= 0.6 is 0 Å². The van der Waals surface area contributed by atoms with Gasteiger partial charge in [0.2, 0.25) is 0 Å². The largest absolute Gasteiger partial charge is 0.430 e. The van der Waals surface area contributed by atoms with Crippen molar-refractivity contribution in [2.75, 3.05) is 0 Å². The smallest absolute Gasteiger partial charge is 0.368 e. The molecule has 1 saturated carbocycles. The topological polar surface area (TPSA) is 57.6 Å². The summed E-state index contributed by atoms with van der Waals surface area (Å²) in [7, 11) is 0. The highest BCUT2D eigenvalue weighted by Gasteiger charge is 2.70. The van der Waals surface area contributed by atoms with Crippen LogP contribution in [-0.2, 0) is 9.59 Å². The van der Waals surface area contributed by atoms with Crippen molar-refractivity contribution in [1.29, 1.82) is 0 Å². The third-order valence-electron chi connectivity index (χ3n) is 5.38. The summed E-state index contributed by atoms with van der Waals surface area (Å²) >= 11 is 0. The number of hydrogen-bond acceptors (Lipinski definition) is 3. The number of carbonyl (C=O) groups excluding carboxylic acids is 2. The summed E-state index contributed by atoms with van der Waals surface area (Å²) in [6.45, 7) is 3.59. The summed E-state index contributed by atoms with van der Waals surface area (Å²) in [6.07, 6.45) is -1.26. The highest BCUT2D eigenvalue weighted by Crippen LogP contribution is 2.52. The SMILES string of the molecule is CC1(C)CC(=O)C2=C(C1)N(C1CCCCC1)C(=O)[C@@]2(O)C(F)(F)F. The van der Waals surface area contributed by atoms with Crippen LogP contribution in [0.2, 0.25) is 0 Å². The lowest BCUT2D eigenvalue weighted by Gasteiger charge is -2.37. The molecular formula is C17H22F3NO3. The first-order chi connectivity index (χ1) is 11.0. The molecule has 1 N–H and O–H groups in total. The molecule has 0 aromatic heterocycles. The monoisotopic (exact) mass is 345 g/mol. The van der Waals surface area contributed by atoms with Crippen molar-refractivity contribution >= 4 is 11.7 Å². The number of alkyl halides is 3. The fourth-order valence-corrected chi connectivity index (χ4v) is 4.30. The molecule has 3 aliphatic rings. The van der Waals surface area contributed by atoms with Gasteiger partial charge in [0, 0.05) is 18.2 Å². The average molecular weight is 345 g/mol. The second-order valence-electron chi connectivity index (χ2n) is 7.94. The molecule has 0 bridgehead atoms. The predicted octanol–water partition coefficient (Wildman–Crippen LogP) is 3.10. The summed E-state index contributed by atoms with van der Waals surface area (Å²) in [5.74, 6) is -2.16. The van der Waals surface area contributed by atoms with Gasteiger partial charge in [-0.15, -0.1) is 0 Å². The van der Waals surface area contributed by atoms with E-state index in [0.717, 1.165) is 24.2 Å². The molecule has 3 rings (SSSR count). The quantitative estimate of drug-likeness (QED) is 0.794. The van der Waals surface area contributed by atoms with Gasteiger partial charge in [-0.1, -0.05) is 33.1 Å². The van der Waals surface area contributed by atoms with Crippen molar-refractivity contribution in [2.24, 2.45) is 5.41 Å². The first-order valence-electron chi connectivity index (χ1n) is 8.38. The fourth-order valence-electron chi connectivity index (χ4n) is 4.30. The van der Waals surface area contributed by atoms with Crippen molar-refractivity contribution in [1.82, 2.24) is 4.90 Å². The standard InChI is InChI=1S/C17H22F3NO3/c1-15(2)8-11-13(12(22)9-15)16(24,17(18,19)20)14(23)21(11)10-6-4-3-5-7-10/h10,24H,3-9H2,1-2H3/t16-/m1/s1. The molecule has 0 spiro atoms. The van der Waals surface area contributed by atoms with Crippen LogP contribution in [0, 0.1) is 5.41 Å². The minimum absolute atomic E-state index is 0.0907. The Hall–Kier alpha value is -1.37. The Bertz CT molecular complexity index is 617. The van der Waals surface area contributed by atoms with Gasteiger partial charge in [0.1, 0.15) is 0 Å². The predicted molar refractivity (Wildman–Crippen MR) is 79.8 cm³/mol. The first-order valence-corrected chi connectivity index (χ1v) is 8.38. The summed E-state index contributed by atoms with van der Waals surface area (Å²) in [5, 5.41) is 10.3. The lowest BCUT2D eigenvalue weighted by molar-refractivity contribution is -0.239. The molecule has 1 aliphatic heterocycles. The fraction of sp³-hybridized carbons (Fsp3) is 0.765. The van der Waals surface area contributed by atoms with Gasteiger partial charge in [-0.25, -0.2) is 0 Å². The van der Waals surface area contributed by atoms with Crippen LogP contribution in [-0.4, -0.2) is 39.5 Å². The van der Waals surface area contributed by atoms with Crippen LogP contribution < -0.4 is 0 Å². The molecule has 0 unspecified atom stereocenters. The minimum Gasteiger partial charge on any atom is -0.368 e. The highest BCUT2D eigenvalue weighted by atomic mass is 19.4. The zero-order valence-corrected chi connectivity index (χ0v) is 13.9. The summed E-state index contributed by atoms with van der Waals surface area (Å²) in [4.78, 5) is 26.2. The van der Waals surface area contributed by atoms with Gasteiger partial charge >= 0.3 is 6.18 Å². The molecule has 2 aliphatic carbocycles. The zero-order valence-electron chi connectivity index (χ0n) is 13.9. The molecule has 24 heavy (non-hydrogen) atoms. The second-order valence-corrected chi connectivity index (χ2v) is 7.94. The Kier molecular flexibility index (Phi) is 3.86. The van der Waals surface area contributed by atoms with Crippen molar-refractivity contribution in [3.05, 3.63) is 11.3 Å². The van der Waals surface area contributed by atoms with E-state index in [4.69, 9.17) is 0 Å². The van der Waals surface area contributed by atoms with Gasteiger partial charge in [-0.2, -0.15) is 13.2 Å². The molecule has 0 radical (unpaired) electrons. The number of rotatable bonds is 1. The molecule has 134 valence electrons. The lowest BCUT2D eigenvalue weighted by Crippen LogP contribution is -2.56. The third-order valence-corrected chi connectivity index (χ3v) is 5.38. The number of carbonyl (C=O) groups is 2. The number of amides is 1. The average Bonchev–Trinajstić information content (AvgIpc) is 2.67. The molecule has 0 aromatic rings. The van der Waals surface area contributed by atoms with E-state index in [0.29, 0.717) is 12.8 Å². The van der Waals surface area contributed by atoms with Gasteiger partial charge in [0.15, 0.2) is 5.78 Å². The van der Waals surface area contributed by atoms with Crippen LogP contribution in [0.5, 0.6) is 0 Å². The molecule has 0 aromatic carbocycles. The zero-order chi connectivity index (χ0) is 17.9. The number of allylic oxidation sites excluding steroid dienone is 1. The van der Waals surface area contributed by atoms with Gasteiger partial charge < -0.3 is 10.0 Å². The Morgan fingerprint density at radius 1 is 1.08 bits per heavy atom. The van der Waals surface area contributed by atoms with Crippen LogP contribution in [0.25, 0.3) is 0 Å². The van der Waals surface area contributed by atoms with E-state index in [-0.39, 0.29) is 24.6 Å². The Labute approximate surface area is 138 Å². The van der Waals surface area contributed by atoms with Crippen LogP contribution in [0.1, 0.15) is 58.8 Å². The number of aliphatic hydroxyl groups is 1. The number of hydrogen-bond donors (Lipinski definition) is 1. The van der Waals surface area contributed by atoms with Crippen molar-refractivity contribution in [2.45, 2.75) is 76.6 Å². The van der Waals surface area contributed by atoms with Crippen molar-refractivity contribution in [3.8, 4) is 0 Å². The second kappa shape index (κ2) is 5.31. The van der Waals surface area contributed by atoms with Crippen LogP contribution in [0.4, 0.5) is 13.2 Å². The molecular weight excluding hydrogens is 323 g/mol. The van der Waals surface area contributed by atoms with E-state index in [1.54, 1.807) is 13.8 Å². The summed E-state index contributed by atoms with van der Waals surface area (Å²) in [6, 6.07) is -0.366. The van der Waals surface area contributed by atoms with E-state index in [1.165, 1.54) is 0 Å². The Morgan fingerprint density at radius 2 is 1.67 bits per heavy atom. The van der Waals surface area contributed by atoms with E-state index >= 15 is 0 Å². The van der Waals surface area contributed by atoms with Crippen molar-refractivity contribution in [3.63, 3.8) is 0 Å². The van der Waals surface area contributed by atoms with Crippen LogP contribution in [0.3, 0.4) is 0 Å². The third kappa shape index (κ3) is 2.39.